The Morgan fingerprint density at radius 2 is 2.38 bits per heavy atom. The van der Waals surface area contributed by atoms with Crippen LogP contribution in [0.4, 0.5) is 0 Å². The van der Waals surface area contributed by atoms with Crippen molar-refractivity contribution in [3.63, 3.8) is 0 Å². The first-order valence-corrected chi connectivity index (χ1v) is 4.11. The van der Waals surface area contributed by atoms with E-state index in [0.29, 0.717) is 6.54 Å². The molecule has 0 spiro atoms. The van der Waals surface area contributed by atoms with E-state index in [0.717, 1.165) is 5.57 Å². The molecular formula is C9H14N2O2. The van der Waals surface area contributed by atoms with Crippen LogP contribution in [0.5, 0.6) is 0 Å². The number of carboxylic acid groups (broad SMARTS) is 1. The number of nitrogens with one attached hydrogen (secondary N) is 1. The molecule has 0 aromatic heterocycles. The third kappa shape index (κ3) is 2.32. The molecular weight excluding hydrogens is 168 g/mol. The van der Waals surface area contributed by atoms with Crippen molar-refractivity contribution in [3.8, 4) is 0 Å². The standard InChI is InChI=1S/C9H14N2O2/c1-11(2)8(9(12)13)7-4-3-5-10-6-7/h3-5,8,10H,6H2,1-2H3,(H,12,13). The Morgan fingerprint density at radius 1 is 1.69 bits per heavy atom. The van der Waals surface area contributed by atoms with Gasteiger partial charge in [0.05, 0.1) is 0 Å². The molecule has 13 heavy (non-hydrogen) atoms. The van der Waals surface area contributed by atoms with Crippen molar-refractivity contribution in [1.29, 1.82) is 0 Å². The van der Waals surface area contributed by atoms with Gasteiger partial charge in [-0.2, -0.15) is 0 Å². The minimum atomic E-state index is -0.812. The zero-order valence-electron chi connectivity index (χ0n) is 7.82. The Morgan fingerprint density at radius 3 is 2.77 bits per heavy atom. The number of nitrogens with zero attached hydrogens (tertiary/aromatic N) is 1. The van der Waals surface area contributed by atoms with Crippen LogP contribution in [0.2, 0.25) is 0 Å². The fourth-order valence-corrected chi connectivity index (χ4v) is 1.37. The van der Waals surface area contributed by atoms with Gasteiger partial charge in [-0.05, 0) is 31.9 Å². The molecule has 1 rings (SSSR count). The van der Waals surface area contributed by atoms with Gasteiger partial charge in [0.15, 0.2) is 0 Å². The van der Waals surface area contributed by atoms with Gasteiger partial charge < -0.3 is 10.4 Å². The third-order valence-corrected chi connectivity index (χ3v) is 1.93. The Balaban J connectivity index is 2.80. The first kappa shape index (κ1) is 9.80. The lowest BCUT2D eigenvalue weighted by molar-refractivity contribution is -0.140. The normalized spacial score (nSPS) is 17.9. The van der Waals surface area contributed by atoms with Crippen LogP contribution in [0.25, 0.3) is 0 Å². The topological polar surface area (TPSA) is 52.6 Å². The summed E-state index contributed by atoms with van der Waals surface area (Å²) in [4.78, 5) is 12.6. The fourth-order valence-electron chi connectivity index (χ4n) is 1.37. The molecule has 4 nitrogen and oxygen atoms in total. The summed E-state index contributed by atoms with van der Waals surface area (Å²) in [6.45, 7) is 0.603. The molecule has 0 aliphatic carbocycles. The number of hydrogen-bond donors (Lipinski definition) is 2. The van der Waals surface area contributed by atoms with E-state index in [4.69, 9.17) is 5.11 Å². The predicted molar refractivity (Wildman–Crippen MR) is 50.3 cm³/mol. The first-order valence-electron chi connectivity index (χ1n) is 4.11. The van der Waals surface area contributed by atoms with Gasteiger partial charge >= 0.3 is 5.97 Å². The lowest BCUT2D eigenvalue weighted by Crippen LogP contribution is -2.40. The van der Waals surface area contributed by atoms with Gasteiger partial charge in [-0.3, -0.25) is 9.69 Å². The van der Waals surface area contributed by atoms with E-state index >= 15 is 0 Å². The monoisotopic (exact) mass is 182 g/mol. The van der Waals surface area contributed by atoms with E-state index in [9.17, 15) is 4.79 Å². The maximum absolute atomic E-state index is 10.9. The highest BCUT2D eigenvalue weighted by Gasteiger charge is 2.24. The quantitative estimate of drug-likeness (QED) is 0.647. The summed E-state index contributed by atoms with van der Waals surface area (Å²) >= 11 is 0. The Labute approximate surface area is 77.5 Å². The van der Waals surface area contributed by atoms with Gasteiger partial charge in [0, 0.05) is 6.54 Å². The van der Waals surface area contributed by atoms with Crippen molar-refractivity contribution in [2.45, 2.75) is 6.04 Å². The number of dihydropyridines is 1. The number of likely N-dealkylation sites (N-methyl/N-ethyl adjacent to an activating group) is 1. The van der Waals surface area contributed by atoms with E-state index < -0.39 is 12.0 Å². The molecule has 0 saturated carbocycles. The zero-order valence-corrected chi connectivity index (χ0v) is 7.82. The Bertz CT molecular complexity index is 256. The molecule has 0 saturated heterocycles. The molecule has 0 aromatic carbocycles. The van der Waals surface area contributed by atoms with Crippen LogP contribution in [-0.2, 0) is 4.79 Å². The van der Waals surface area contributed by atoms with Crippen LogP contribution in [0.1, 0.15) is 0 Å². The van der Waals surface area contributed by atoms with Crippen LogP contribution in [-0.4, -0.2) is 42.7 Å². The van der Waals surface area contributed by atoms with Gasteiger partial charge in [0.1, 0.15) is 6.04 Å². The van der Waals surface area contributed by atoms with Gasteiger partial charge in [-0.1, -0.05) is 6.08 Å². The SMILES string of the molecule is CN(C)C(C(=O)O)C1=CC=CNC1. The number of rotatable bonds is 3. The number of aliphatic carboxylic acids is 1. The molecule has 0 fully saturated rings. The molecule has 1 aliphatic heterocycles. The molecule has 0 radical (unpaired) electrons. The van der Waals surface area contributed by atoms with Crippen LogP contribution >= 0.6 is 0 Å². The highest BCUT2D eigenvalue weighted by Crippen LogP contribution is 2.09. The molecule has 0 bridgehead atoms. The van der Waals surface area contributed by atoms with E-state index in [1.165, 1.54) is 0 Å². The van der Waals surface area contributed by atoms with Crippen LogP contribution in [0, 0.1) is 0 Å². The number of hydrogen-bond acceptors (Lipinski definition) is 3. The van der Waals surface area contributed by atoms with Crippen molar-refractivity contribution in [3.05, 3.63) is 23.9 Å². The maximum atomic E-state index is 10.9. The number of carboxylic acids is 1. The van der Waals surface area contributed by atoms with Gasteiger partial charge in [0.2, 0.25) is 0 Å². The number of allylic oxidation sites excluding steroid dienone is 2. The first-order chi connectivity index (χ1) is 6.13. The molecule has 0 amide bonds. The van der Waals surface area contributed by atoms with E-state index in [-0.39, 0.29) is 0 Å². The highest BCUT2D eigenvalue weighted by atomic mass is 16.4. The molecule has 1 atom stereocenters. The van der Waals surface area contributed by atoms with Crippen LogP contribution in [0.3, 0.4) is 0 Å². The number of carbonyl (C=O) groups is 1. The Kier molecular flexibility index (Phi) is 3.08. The fraction of sp³-hybridized carbons (Fsp3) is 0.444. The summed E-state index contributed by atoms with van der Waals surface area (Å²) in [7, 11) is 3.52. The molecule has 72 valence electrons. The smallest absolute Gasteiger partial charge is 0.325 e. The van der Waals surface area contributed by atoms with Crippen molar-refractivity contribution in [2.24, 2.45) is 0 Å². The van der Waals surface area contributed by atoms with Crippen LogP contribution < -0.4 is 5.32 Å². The second-order valence-corrected chi connectivity index (χ2v) is 3.19. The lowest BCUT2D eigenvalue weighted by Gasteiger charge is -2.24. The second kappa shape index (κ2) is 4.09. The van der Waals surface area contributed by atoms with Crippen molar-refractivity contribution >= 4 is 5.97 Å². The maximum Gasteiger partial charge on any atom is 0.325 e. The Hall–Kier alpha value is -1.29. The van der Waals surface area contributed by atoms with Crippen LogP contribution in [0.15, 0.2) is 23.9 Å². The van der Waals surface area contributed by atoms with E-state index in [1.54, 1.807) is 25.2 Å². The summed E-state index contributed by atoms with van der Waals surface area (Å²) in [5.41, 5.74) is 0.875. The molecule has 0 aromatic rings. The predicted octanol–water partition coefficient (Wildman–Crippen LogP) is 0.0445. The second-order valence-electron chi connectivity index (χ2n) is 3.19. The summed E-state index contributed by atoms with van der Waals surface area (Å²) < 4.78 is 0. The molecule has 2 N–H and O–H groups in total. The largest absolute Gasteiger partial charge is 0.480 e. The minimum Gasteiger partial charge on any atom is -0.480 e. The average molecular weight is 182 g/mol. The van der Waals surface area contributed by atoms with Crippen molar-refractivity contribution in [1.82, 2.24) is 10.2 Å². The summed E-state index contributed by atoms with van der Waals surface area (Å²) in [6, 6.07) is -0.530. The molecule has 4 heteroatoms. The van der Waals surface area contributed by atoms with E-state index in [1.807, 2.05) is 12.2 Å². The van der Waals surface area contributed by atoms with Gasteiger partial charge in [0.25, 0.3) is 0 Å². The third-order valence-electron chi connectivity index (χ3n) is 1.93. The average Bonchev–Trinajstić information content (AvgIpc) is 2.04. The van der Waals surface area contributed by atoms with Crippen molar-refractivity contribution in [2.75, 3.05) is 20.6 Å². The molecule has 1 aliphatic rings. The van der Waals surface area contributed by atoms with Gasteiger partial charge in [-0.25, -0.2) is 0 Å². The minimum absolute atomic E-state index is 0.530. The zero-order chi connectivity index (χ0) is 9.84. The molecule has 1 heterocycles. The summed E-state index contributed by atoms with van der Waals surface area (Å²) in [6.07, 6.45) is 5.46. The van der Waals surface area contributed by atoms with Gasteiger partial charge in [-0.15, -0.1) is 0 Å². The summed E-state index contributed by atoms with van der Waals surface area (Å²) in [5.74, 6) is -0.812. The molecule has 1 unspecified atom stereocenters. The van der Waals surface area contributed by atoms with E-state index in [2.05, 4.69) is 5.32 Å². The lowest BCUT2D eigenvalue weighted by atomic mass is 10.0. The van der Waals surface area contributed by atoms with Crippen molar-refractivity contribution < 1.29 is 9.90 Å². The highest BCUT2D eigenvalue weighted by molar-refractivity contribution is 5.77. The summed E-state index contributed by atoms with van der Waals surface area (Å²) in [5, 5.41) is 11.9.